The largest absolute Gasteiger partial charge is 0.341 e. The van der Waals surface area contributed by atoms with E-state index in [-0.39, 0.29) is 5.91 Å². The lowest BCUT2D eigenvalue weighted by Crippen LogP contribution is -2.28. The maximum Gasteiger partial charge on any atom is 0.253 e. The summed E-state index contributed by atoms with van der Waals surface area (Å²) in [7, 11) is 1.84. The summed E-state index contributed by atoms with van der Waals surface area (Å²) in [6, 6.07) is 6.13. The molecular weight excluding hydrogens is 266 g/mol. The maximum absolute atomic E-state index is 12.0. The van der Waals surface area contributed by atoms with E-state index >= 15 is 0 Å². The molecule has 0 unspecified atom stereocenters. The Morgan fingerprint density at radius 2 is 2.12 bits per heavy atom. The highest BCUT2D eigenvalue weighted by molar-refractivity contribution is 9.09. The van der Waals surface area contributed by atoms with Crippen LogP contribution in [0.1, 0.15) is 27.9 Å². The van der Waals surface area contributed by atoms with E-state index < -0.39 is 0 Å². The molecule has 0 saturated heterocycles. The first-order valence-electron chi connectivity index (χ1n) is 5.65. The Hall–Kier alpha value is -0.830. The molecular formula is C13H16BrNO. The molecule has 1 aromatic carbocycles. The van der Waals surface area contributed by atoms with E-state index in [2.05, 4.69) is 28.1 Å². The van der Waals surface area contributed by atoms with Gasteiger partial charge in [-0.25, -0.2) is 0 Å². The lowest BCUT2D eigenvalue weighted by Gasteiger charge is -2.16. The minimum absolute atomic E-state index is 0.120. The zero-order valence-electron chi connectivity index (χ0n) is 9.50. The Morgan fingerprint density at radius 1 is 1.38 bits per heavy atom. The van der Waals surface area contributed by atoms with Gasteiger partial charge in [0, 0.05) is 24.5 Å². The predicted octanol–water partition coefficient (Wildman–Crippen LogP) is 2.64. The minimum Gasteiger partial charge on any atom is -0.341 e. The van der Waals surface area contributed by atoms with Gasteiger partial charge in [-0.2, -0.15) is 0 Å². The van der Waals surface area contributed by atoms with Gasteiger partial charge in [0.05, 0.1) is 0 Å². The molecule has 2 rings (SSSR count). The summed E-state index contributed by atoms with van der Waals surface area (Å²) in [6.07, 6.45) is 3.52. The van der Waals surface area contributed by atoms with Gasteiger partial charge in [-0.15, -0.1) is 0 Å². The van der Waals surface area contributed by atoms with Crippen LogP contribution in [0.25, 0.3) is 0 Å². The van der Waals surface area contributed by atoms with E-state index in [0.717, 1.165) is 23.9 Å². The molecule has 86 valence electrons. The van der Waals surface area contributed by atoms with Crippen molar-refractivity contribution in [3.8, 4) is 0 Å². The fourth-order valence-electron chi connectivity index (χ4n) is 2.15. The number of alkyl halides is 1. The van der Waals surface area contributed by atoms with Crippen LogP contribution >= 0.6 is 15.9 Å². The molecule has 0 aromatic heterocycles. The molecule has 0 saturated carbocycles. The summed E-state index contributed by atoms with van der Waals surface area (Å²) in [4.78, 5) is 13.8. The zero-order chi connectivity index (χ0) is 11.5. The van der Waals surface area contributed by atoms with Crippen molar-refractivity contribution in [1.82, 2.24) is 4.90 Å². The summed E-state index contributed by atoms with van der Waals surface area (Å²) >= 11 is 3.35. The average molecular weight is 282 g/mol. The number of hydrogen-bond acceptors (Lipinski definition) is 1. The summed E-state index contributed by atoms with van der Waals surface area (Å²) in [6.45, 7) is 0.746. The number of nitrogens with zero attached hydrogens (tertiary/aromatic N) is 1. The molecule has 1 amide bonds. The molecule has 1 aliphatic carbocycles. The third-order valence-electron chi connectivity index (χ3n) is 3.11. The molecule has 0 aliphatic heterocycles. The number of benzene rings is 1. The minimum atomic E-state index is 0.120. The molecule has 0 heterocycles. The van der Waals surface area contributed by atoms with Gasteiger partial charge in [0.1, 0.15) is 0 Å². The average Bonchev–Trinajstić information content (AvgIpc) is 2.75. The number of halogens is 1. The molecule has 0 spiro atoms. The third-order valence-corrected chi connectivity index (χ3v) is 3.47. The van der Waals surface area contributed by atoms with E-state index in [1.54, 1.807) is 4.90 Å². The van der Waals surface area contributed by atoms with Crippen LogP contribution in [0.2, 0.25) is 0 Å². The number of carbonyl (C=O) groups excluding carboxylic acids is 1. The standard InChI is InChI=1S/C13H16BrNO/c1-15(8-7-14)13(16)12-6-5-10-3-2-4-11(10)9-12/h5-6,9H,2-4,7-8H2,1H3. The first-order valence-corrected chi connectivity index (χ1v) is 6.78. The van der Waals surface area contributed by atoms with Gasteiger partial charge < -0.3 is 4.90 Å². The molecule has 1 aliphatic rings. The molecule has 3 heteroatoms. The Kier molecular flexibility index (Phi) is 3.64. The van der Waals surface area contributed by atoms with E-state index in [1.807, 2.05) is 13.1 Å². The molecule has 0 N–H and O–H groups in total. The fraction of sp³-hybridized carbons (Fsp3) is 0.462. The van der Waals surface area contributed by atoms with E-state index in [4.69, 9.17) is 0 Å². The number of amides is 1. The highest BCUT2D eigenvalue weighted by Gasteiger charge is 2.15. The highest BCUT2D eigenvalue weighted by Crippen LogP contribution is 2.23. The summed E-state index contributed by atoms with van der Waals surface area (Å²) < 4.78 is 0. The van der Waals surface area contributed by atoms with Crippen molar-refractivity contribution in [1.29, 1.82) is 0 Å². The summed E-state index contributed by atoms with van der Waals surface area (Å²) in [5, 5.41) is 0.820. The van der Waals surface area contributed by atoms with Crippen LogP contribution in [0, 0.1) is 0 Å². The van der Waals surface area contributed by atoms with Gasteiger partial charge in [0.15, 0.2) is 0 Å². The van der Waals surface area contributed by atoms with Crippen molar-refractivity contribution in [3.63, 3.8) is 0 Å². The SMILES string of the molecule is CN(CCBr)C(=O)c1ccc2c(c1)CCC2. The lowest BCUT2D eigenvalue weighted by molar-refractivity contribution is 0.0804. The first kappa shape index (κ1) is 11.6. The highest BCUT2D eigenvalue weighted by atomic mass is 79.9. The fourth-order valence-corrected chi connectivity index (χ4v) is 2.69. The number of rotatable bonds is 3. The van der Waals surface area contributed by atoms with Crippen molar-refractivity contribution in [2.45, 2.75) is 19.3 Å². The second kappa shape index (κ2) is 5.00. The Balaban J connectivity index is 2.18. The zero-order valence-corrected chi connectivity index (χ0v) is 11.1. The van der Waals surface area contributed by atoms with Gasteiger partial charge in [-0.3, -0.25) is 4.79 Å². The van der Waals surface area contributed by atoms with E-state index in [0.29, 0.717) is 0 Å². The Morgan fingerprint density at radius 3 is 2.88 bits per heavy atom. The monoisotopic (exact) mass is 281 g/mol. The van der Waals surface area contributed by atoms with Crippen molar-refractivity contribution in [3.05, 3.63) is 34.9 Å². The number of carbonyl (C=O) groups is 1. The van der Waals surface area contributed by atoms with E-state index in [1.165, 1.54) is 24.0 Å². The molecule has 0 radical (unpaired) electrons. The van der Waals surface area contributed by atoms with E-state index in [9.17, 15) is 4.79 Å². The number of hydrogen-bond donors (Lipinski definition) is 0. The van der Waals surface area contributed by atoms with Crippen molar-refractivity contribution < 1.29 is 4.79 Å². The van der Waals surface area contributed by atoms with Crippen molar-refractivity contribution >= 4 is 21.8 Å². The quantitative estimate of drug-likeness (QED) is 0.780. The Bertz CT molecular complexity index is 403. The van der Waals surface area contributed by atoms with Crippen molar-refractivity contribution in [2.75, 3.05) is 18.9 Å². The van der Waals surface area contributed by atoms with Gasteiger partial charge in [-0.05, 0) is 42.5 Å². The van der Waals surface area contributed by atoms with Crippen LogP contribution in [-0.2, 0) is 12.8 Å². The molecule has 0 bridgehead atoms. The first-order chi connectivity index (χ1) is 7.72. The molecule has 1 aromatic rings. The van der Waals surface area contributed by atoms with Gasteiger partial charge in [0.25, 0.3) is 5.91 Å². The lowest BCUT2D eigenvalue weighted by atomic mass is 10.1. The second-order valence-electron chi connectivity index (χ2n) is 4.25. The van der Waals surface area contributed by atoms with Crippen LogP contribution in [0.3, 0.4) is 0 Å². The Labute approximate surface area is 105 Å². The molecule has 16 heavy (non-hydrogen) atoms. The number of fused-ring (bicyclic) bond motifs is 1. The van der Waals surface area contributed by atoms with Crippen LogP contribution in [-0.4, -0.2) is 29.7 Å². The smallest absolute Gasteiger partial charge is 0.253 e. The van der Waals surface area contributed by atoms with Crippen LogP contribution in [0.15, 0.2) is 18.2 Å². The topological polar surface area (TPSA) is 20.3 Å². The van der Waals surface area contributed by atoms with Gasteiger partial charge >= 0.3 is 0 Å². The maximum atomic E-state index is 12.0. The number of aryl methyl sites for hydroxylation is 2. The third kappa shape index (κ3) is 2.29. The van der Waals surface area contributed by atoms with Crippen LogP contribution < -0.4 is 0 Å². The second-order valence-corrected chi connectivity index (χ2v) is 5.05. The van der Waals surface area contributed by atoms with Crippen LogP contribution in [0.5, 0.6) is 0 Å². The van der Waals surface area contributed by atoms with Crippen LogP contribution in [0.4, 0.5) is 0 Å². The normalized spacial score (nSPS) is 13.6. The summed E-state index contributed by atoms with van der Waals surface area (Å²) in [5.74, 6) is 0.120. The molecule has 2 nitrogen and oxygen atoms in total. The van der Waals surface area contributed by atoms with Gasteiger partial charge in [0.2, 0.25) is 0 Å². The van der Waals surface area contributed by atoms with Crippen molar-refractivity contribution in [2.24, 2.45) is 0 Å². The molecule has 0 atom stereocenters. The summed E-state index contributed by atoms with van der Waals surface area (Å²) in [5.41, 5.74) is 3.60. The molecule has 0 fully saturated rings. The predicted molar refractivity (Wildman–Crippen MR) is 69.2 cm³/mol. The van der Waals surface area contributed by atoms with Gasteiger partial charge in [-0.1, -0.05) is 22.0 Å².